The van der Waals surface area contributed by atoms with Gasteiger partial charge < -0.3 is 4.74 Å². The number of ether oxygens (including phenoxy) is 1. The minimum Gasteiger partial charge on any atom is -0.463 e. The maximum Gasteiger partial charge on any atom is 0.338 e. The number of nitro benzene ring substituents is 1. The minimum atomic E-state index is -0.847. The second-order valence-corrected chi connectivity index (χ2v) is 15.1. The lowest BCUT2D eigenvalue weighted by Gasteiger charge is -2.26. The zero-order valence-electron chi connectivity index (χ0n) is 27.8. The van der Waals surface area contributed by atoms with Crippen LogP contribution >= 0.6 is 58.1 Å². The van der Waals surface area contributed by atoms with Gasteiger partial charge in [-0.1, -0.05) is 83.1 Å². The van der Waals surface area contributed by atoms with Gasteiger partial charge in [0, 0.05) is 27.1 Å². The molecule has 0 aliphatic carbocycles. The number of thioether (sulfide) groups is 1. The molecule has 0 bridgehead atoms. The van der Waals surface area contributed by atoms with Crippen LogP contribution in [0.25, 0.3) is 23.2 Å². The molecular weight excluding hydrogens is 776 g/mol. The number of benzene rings is 4. The highest BCUT2D eigenvalue weighted by atomic mass is 35.5. The van der Waals surface area contributed by atoms with E-state index in [1.807, 2.05) is 60.9 Å². The molecule has 4 aromatic carbocycles. The molecule has 16 heteroatoms. The number of thiazole rings is 1. The molecule has 1 aliphatic rings. The number of fused-ring (bicyclic) bond motifs is 1. The zero-order valence-corrected chi connectivity index (χ0v) is 31.7. The van der Waals surface area contributed by atoms with E-state index >= 15 is 0 Å². The largest absolute Gasteiger partial charge is 0.463 e. The van der Waals surface area contributed by atoms with Crippen molar-refractivity contribution in [3.05, 3.63) is 153 Å². The van der Waals surface area contributed by atoms with Gasteiger partial charge in [-0.3, -0.25) is 24.6 Å². The molecule has 0 saturated carbocycles. The average molecular weight is 802 g/mol. The summed E-state index contributed by atoms with van der Waals surface area (Å²) in [4.78, 5) is 50.8. The van der Waals surface area contributed by atoms with Gasteiger partial charge in [-0.2, -0.15) is 0 Å². The molecule has 1 N–H and O–H groups in total. The number of esters is 1. The van der Waals surface area contributed by atoms with Crippen molar-refractivity contribution in [3.8, 4) is 11.4 Å². The first kappa shape index (κ1) is 36.4. The quantitative estimate of drug-likeness (QED) is 0.0635. The Balaban J connectivity index is 1.31. The molecule has 1 aliphatic heterocycles. The molecular formula is C37H26Cl2N6O5S3. The standard InChI is InChI=1S/C37H26Cl2N6O5S3/c1-3-50-35(47)30-31(21-7-5-4-6-8-21)40-37-44(32(30)22-10-13-24(51-2)14-11-22)34(46)29(53-37)18-20-9-16-28(27(17-20)45(48)49)52-36-41-33(42-43-36)25-15-12-23(38)19-26(25)39/h4-19,32H,3H2,1-2H3,(H,41,42,43)/b29-18+/t32-/m0/s1. The maximum atomic E-state index is 14.3. The number of aromatic nitrogens is 4. The van der Waals surface area contributed by atoms with Gasteiger partial charge in [0.05, 0.1) is 43.3 Å². The number of nitrogens with one attached hydrogen (secondary N) is 1. The third-order valence-corrected chi connectivity index (χ3v) is 11.3. The first-order valence-corrected chi connectivity index (χ1v) is 19.5. The molecule has 3 heterocycles. The Kier molecular flexibility index (Phi) is 10.7. The molecule has 0 saturated heterocycles. The highest BCUT2D eigenvalue weighted by Crippen LogP contribution is 2.37. The molecule has 0 spiro atoms. The van der Waals surface area contributed by atoms with E-state index in [1.165, 1.54) is 10.6 Å². The molecule has 0 fully saturated rings. The van der Waals surface area contributed by atoms with E-state index in [0.717, 1.165) is 28.0 Å². The number of hydrogen-bond acceptors (Lipinski definition) is 11. The Morgan fingerprint density at radius 3 is 2.55 bits per heavy atom. The molecule has 0 amide bonds. The summed E-state index contributed by atoms with van der Waals surface area (Å²) in [6, 6.07) is 25.7. The average Bonchev–Trinajstić information content (AvgIpc) is 3.75. The minimum absolute atomic E-state index is 0.133. The molecule has 11 nitrogen and oxygen atoms in total. The van der Waals surface area contributed by atoms with Crippen LogP contribution in [0.15, 0.2) is 121 Å². The van der Waals surface area contributed by atoms with Crippen LogP contribution in [0.1, 0.15) is 29.7 Å². The van der Waals surface area contributed by atoms with E-state index in [9.17, 15) is 19.7 Å². The number of rotatable bonds is 10. The monoisotopic (exact) mass is 800 g/mol. The van der Waals surface area contributed by atoms with Crippen molar-refractivity contribution < 1.29 is 14.5 Å². The highest BCUT2D eigenvalue weighted by molar-refractivity contribution is 7.99. The third kappa shape index (κ3) is 7.46. The van der Waals surface area contributed by atoms with Gasteiger partial charge in [-0.05, 0) is 78.5 Å². The normalized spacial score (nSPS) is 14.2. The Morgan fingerprint density at radius 1 is 1.08 bits per heavy atom. The fourth-order valence-corrected chi connectivity index (χ4v) is 8.45. The molecule has 266 valence electrons. The van der Waals surface area contributed by atoms with Gasteiger partial charge in [0.15, 0.2) is 10.6 Å². The van der Waals surface area contributed by atoms with Crippen molar-refractivity contribution in [1.82, 2.24) is 19.7 Å². The Morgan fingerprint density at radius 2 is 1.85 bits per heavy atom. The van der Waals surface area contributed by atoms with E-state index in [-0.39, 0.29) is 27.6 Å². The number of halogens is 2. The topological polar surface area (TPSA) is 145 Å². The van der Waals surface area contributed by atoms with Crippen LogP contribution < -0.4 is 14.9 Å². The molecule has 53 heavy (non-hydrogen) atoms. The van der Waals surface area contributed by atoms with Crippen molar-refractivity contribution in [2.75, 3.05) is 12.9 Å². The van der Waals surface area contributed by atoms with Gasteiger partial charge >= 0.3 is 5.97 Å². The Labute approximate surface area is 324 Å². The predicted octanol–water partition coefficient (Wildman–Crippen LogP) is 7.81. The number of nitrogens with zero attached hydrogens (tertiary/aromatic N) is 5. The van der Waals surface area contributed by atoms with Gasteiger partial charge in [0.1, 0.15) is 0 Å². The SMILES string of the molecule is CCOC(=O)C1=C(c2ccccc2)N=c2s/c(=C/c3ccc(Sc4n[nH]c(-c5ccc(Cl)cc5Cl)n4)c([N+](=O)[O-])c3)c(=O)n2[C@H]1c1ccc(SC)cc1. The van der Waals surface area contributed by atoms with Gasteiger partial charge in [-0.25, -0.2) is 14.8 Å². The Bertz CT molecular complexity index is 2610. The first-order chi connectivity index (χ1) is 25.6. The van der Waals surface area contributed by atoms with Crippen molar-refractivity contribution in [1.29, 1.82) is 0 Å². The molecule has 7 rings (SSSR count). The van der Waals surface area contributed by atoms with Crippen LogP contribution in [-0.2, 0) is 9.53 Å². The molecule has 0 radical (unpaired) electrons. The van der Waals surface area contributed by atoms with Crippen LogP contribution in [0.5, 0.6) is 0 Å². The van der Waals surface area contributed by atoms with Crippen molar-refractivity contribution in [3.63, 3.8) is 0 Å². The van der Waals surface area contributed by atoms with Crippen LogP contribution in [0.3, 0.4) is 0 Å². The summed E-state index contributed by atoms with van der Waals surface area (Å²) in [5, 5.41) is 20.4. The van der Waals surface area contributed by atoms with E-state index in [0.29, 0.717) is 53.5 Å². The predicted molar refractivity (Wildman–Crippen MR) is 208 cm³/mol. The first-order valence-electron chi connectivity index (χ1n) is 15.9. The van der Waals surface area contributed by atoms with Crippen LogP contribution in [0.4, 0.5) is 5.69 Å². The number of hydrogen-bond donors (Lipinski definition) is 1. The molecule has 1 atom stereocenters. The number of carbonyl (C=O) groups is 1. The summed E-state index contributed by atoms with van der Waals surface area (Å²) < 4.78 is 7.32. The van der Waals surface area contributed by atoms with Crippen molar-refractivity contribution >= 4 is 81.5 Å². The van der Waals surface area contributed by atoms with Gasteiger partial charge in [0.2, 0.25) is 5.16 Å². The van der Waals surface area contributed by atoms with Crippen molar-refractivity contribution in [2.45, 2.75) is 27.9 Å². The summed E-state index contributed by atoms with van der Waals surface area (Å²) in [6.45, 7) is 1.86. The summed E-state index contributed by atoms with van der Waals surface area (Å²) in [7, 11) is 0. The van der Waals surface area contributed by atoms with E-state index < -0.39 is 22.5 Å². The van der Waals surface area contributed by atoms with E-state index in [1.54, 1.807) is 55.1 Å². The van der Waals surface area contributed by atoms with E-state index in [2.05, 4.69) is 15.2 Å². The third-order valence-electron chi connectivity index (χ3n) is 8.14. The van der Waals surface area contributed by atoms with E-state index in [4.69, 9.17) is 32.9 Å². The molecule has 0 unspecified atom stereocenters. The summed E-state index contributed by atoms with van der Waals surface area (Å²) in [5.74, 6) is -0.203. The maximum absolute atomic E-state index is 14.3. The fourth-order valence-electron chi connectivity index (χ4n) is 5.74. The van der Waals surface area contributed by atoms with Crippen LogP contribution in [0.2, 0.25) is 10.0 Å². The zero-order chi connectivity index (χ0) is 37.2. The molecule has 6 aromatic rings. The number of carbonyl (C=O) groups excluding carboxylic acids is 1. The second-order valence-electron chi connectivity index (χ2n) is 11.4. The van der Waals surface area contributed by atoms with Crippen molar-refractivity contribution in [2.24, 2.45) is 4.99 Å². The lowest BCUT2D eigenvalue weighted by Crippen LogP contribution is -2.40. The molecule has 2 aromatic heterocycles. The highest BCUT2D eigenvalue weighted by Gasteiger charge is 2.35. The van der Waals surface area contributed by atoms with Crippen LogP contribution in [-0.4, -0.2) is 43.5 Å². The van der Waals surface area contributed by atoms with Crippen LogP contribution in [0, 0.1) is 10.1 Å². The number of nitro groups is 1. The summed E-state index contributed by atoms with van der Waals surface area (Å²) >= 11 is 16.1. The lowest BCUT2D eigenvalue weighted by molar-refractivity contribution is -0.387. The van der Waals surface area contributed by atoms with Gasteiger partial charge in [0.25, 0.3) is 11.2 Å². The van der Waals surface area contributed by atoms with Gasteiger partial charge in [-0.15, -0.1) is 16.9 Å². The lowest BCUT2D eigenvalue weighted by atomic mass is 9.93. The fraction of sp³-hybridized carbons (Fsp3) is 0.108. The second kappa shape index (κ2) is 15.5. The number of aromatic amines is 1. The smallest absolute Gasteiger partial charge is 0.338 e. The Hall–Kier alpha value is -4.99. The summed E-state index contributed by atoms with van der Waals surface area (Å²) in [5.41, 5.74) is 2.42. The summed E-state index contributed by atoms with van der Waals surface area (Å²) in [6.07, 6.45) is 3.55. The number of H-pyrrole nitrogens is 1.